The van der Waals surface area contributed by atoms with Crippen LogP contribution in [-0.4, -0.2) is 36.2 Å². The Morgan fingerprint density at radius 1 is 1.09 bits per heavy atom. The minimum absolute atomic E-state index is 0.00585. The molecule has 0 aromatic rings. The molecule has 0 radical (unpaired) electrons. The van der Waals surface area contributed by atoms with Crippen LogP contribution in [-0.2, 0) is 4.79 Å². The Hall–Kier alpha value is -0.490. The second-order valence-electron chi connectivity index (χ2n) is 7.74. The van der Waals surface area contributed by atoms with E-state index in [9.17, 15) is 15.2 Å². The number of hydrogen-bond acceptors (Lipinski definition) is 3. The number of hydroxylamine groups is 2. The van der Waals surface area contributed by atoms with Crippen molar-refractivity contribution in [2.45, 2.75) is 76.3 Å². The quantitative estimate of drug-likeness (QED) is 0.646. The van der Waals surface area contributed by atoms with Gasteiger partial charge in [0.05, 0.1) is 12.6 Å². The molecule has 3 fully saturated rings. The molecule has 0 bridgehead atoms. The number of likely N-dealkylation sites (tertiary alicyclic amines) is 1. The van der Waals surface area contributed by atoms with Crippen molar-refractivity contribution in [3.63, 3.8) is 0 Å². The third kappa shape index (κ3) is 3.70. The van der Waals surface area contributed by atoms with Crippen LogP contribution in [0.25, 0.3) is 0 Å². The van der Waals surface area contributed by atoms with Crippen LogP contribution in [0, 0.1) is 17.0 Å². The summed E-state index contributed by atoms with van der Waals surface area (Å²) < 4.78 is 0. The van der Waals surface area contributed by atoms with E-state index in [2.05, 4.69) is 0 Å². The lowest BCUT2D eigenvalue weighted by atomic mass is 9.77. The summed E-state index contributed by atoms with van der Waals surface area (Å²) in [7, 11) is 0. The topological polar surface area (TPSA) is 69.2 Å². The van der Waals surface area contributed by atoms with Crippen LogP contribution < -0.4 is 10.1 Å². The van der Waals surface area contributed by atoms with Crippen molar-refractivity contribution < 1.29 is 20.1 Å². The molecule has 3 N–H and O–H groups in total. The van der Waals surface area contributed by atoms with E-state index in [4.69, 9.17) is 0 Å². The number of Topliss-reactive ketones (excluding diaryl/α,β-unsaturated/α-hetero) is 1. The van der Waals surface area contributed by atoms with Gasteiger partial charge in [0.1, 0.15) is 12.6 Å². The van der Waals surface area contributed by atoms with Crippen molar-refractivity contribution in [1.82, 2.24) is 0 Å². The third-order valence-electron chi connectivity index (χ3n) is 6.39. The highest BCUT2D eigenvalue weighted by molar-refractivity contribution is 5.82. The first-order valence-electron chi connectivity index (χ1n) is 9.25. The molecular formula is C17H31N2O3+. The first kappa shape index (κ1) is 16.4. The summed E-state index contributed by atoms with van der Waals surface area (Å²) in [6.07, 6.45) is 11.1. The van der Waals surface area contributed by atoms with E-state index in [-0.39, 0.29) is 12.0 Å². The van der Waals surface area contributed by atoms with Crippen LogP contribution in [0.3, 0.4) is 0 Å². The lowest BCUT2D eigenvalue weighted by molar-refractivity contribution is -1.07. The van der Waals surface area contributed by atoms with Crippen LogP contribution in [0.2, 0.25) is 0 Å². The van der Waals surface area contributed by atoms with Crippen LogP contribution >= 0.6 is 0 Å². The first-order chi connectivity index (χ1) is 10.6. The maximum Gasteiger partial charge on any atom is 0.190 e. The molecule has 1 heterocycles. The van der Waals surface area contributed by atoms with E-state index in [0.29, 0.717) is 24.8 Å². The highest BCUT2D eigenvalue weighted by Crippen LogP contribution is 2.28. The van der Waals surface area contributed by atoms with Crippen LogP contribution in [0.15, 0.2) is 0 Å². The second kappa shape index (κ2) is 7.39. The highest BCUT2D eigenvalue weighted by Gasteiger charge is 2.39. The molecule has 3 rings (SSSR count). The maximum absolute atomic E-state index is 12.7. The fourth-order valence-electron chi connectivity index (χ4n) is 5.16. The Bertz CT molecular complexity index is 386. The fraction of sp³-hybridized carbons (Fsp3) is 0.941. The molecule has 6 unspecified atom stereocenters. The average Bonchev–Trinajstić information content (AvgIpc) is 2.55. The lowest BCUT2D eigenvalue weighted by Crippen LogP contribution is -3.18. The van der Waals surface area contributed by atoms with Gasteiger partial charge in [0, 0.05) is 24.7 Å². The Kier molecular flexibility index (Phi) is 5.50. The molecule has 2 saturated carbocycles. The van der Waals surface area contributed by atoms with Gasteiger partial charge in [-0.2, -0.15) is 0 Å². The first-order valence-corrected chi connectivity index (χ1v) is 9.25. The Morgan fingerprint density at radius 2 is 1.86 bits per heavy atom. The standard InChI is InChI=1S/C17H30N2O3/c20-17(14-6-3-8-15(11-14)19(21)22)12-18-10-4-7-13-5-1-2-9-16(13)18/h13-16,19,21H,1-12H2/p+1. The number of ketones is 1. The average molecular weight is 311 g/mol. The van der Waals surface area contributed by atoms with Crippen molar-refractivity contribution in [3.05, 3.63) is 5.21 Å². The molecule has 22 heavy (non-hydrogen) atoms. The van der Waals surface area contributed by atoms with Crippen molar-refractivity contribution >= 4 is 5.78 Å². The zero-order valence-corrected chi connectivity index (χ0v) is 13.6. The molecule has 0 spiro atoms. The lowest BCUT2D eigenvalue weighted by Gasteiger charge is -2.41. The van der Waals surface area contributed by atoms with Crippen molar-refractivity contribution in [3.8, 4) is 0 Å². The molecule has 0 aromatic carbocycles. The number of hydrogen-bond donors (Lipinski definition) is 3. The van der Waals surface area contributed by atoms with Crippen molar-refractivity contribution in [1.29, 1.82) is 0 Å². The summed E-state index contributed by atoms with van der Waals surface area (Å²) in [5.74, 6) is 1.18. The largest absolute Gasteiger partial charge is 0.600 e. The van der Waals surface area contributed by atoms with Gasteiger partial charge in [-0.25, -0.2) is 10.4 Å². The number of fused-ring (bicyclic) bond motifs is 1. The van der Waals surface area contributed by atoms with Crippen LogP contribution in [0.1, 0.15) is 64.2 Å². The number of piperidine rings is 1. The second-order valence-corrected chi connectivity index (χ2v) is 7.74. The molecular weight excluding hydrogens is 280 g/mol. The smallest absolute Gasteiger partial charge is 0.190 e. The van der Waals surface area contributed by atoms with Crippen molar-refractivity contribution in [2.24, 2.45) is 11.8 Å². The SMILES string of the molecule is O=C(C[NH+]1CCCC2CCCCC21)C1CCCC([NH+]([O-])O)C1. The zero-order valence-electron chi connectivity index (χ0n) is 13.6. The summed E-state index contributed by atoms with van der Waals surface area (Å²) in [5, 5.41) is 19.7. The van der Waals surface area contributed by atoms with E-state index in [1.54, 1.807) is 0 Å². The van der Waals surface area contributed by atoms with Crippen molar-refractivity contribution in [2.75, 3.05) is 13.1 Å². The van der Waals surface area contributed by atoms with E-state index >= 15 is 0 Å². The summed E-state index contributed by atoms with van der Waals surface area (Å²) in [4.78, 5) is 14.2. The molecule has 0 amide bonds. The summed E-state index contributed by atoms with van der Waals surface area (Å²) in [6, 6.07) is 0.409. The molecule has 3 aliphatic rings. The molecule has 2 aliphatic carbocycles. The fourth-order valence-corrected chi connectivity index (χ4v) is 5.16. The molecule has 126 valence electrons. The minimum atomic E-state index is -0.713. The van der Waals surface area contributed by atoms with Crippen LogP contribution in [0.5, 0.6) is 0 Å². The van der Waals surface area contributed by atoms with Gasteiger partial charge in [0.2, 0.25) is 0 Å². The van der Waals surface area contributed by atoms with E-state index in [0.717, 1.165) is 31.7 Å². The zero-order chi connectivity index (χ0) is 15.5. The minimum Gasteiger partial charge on any atom is -0.600 e. The van der Waals surface area contributed by atoms with Gasteiger partial charge in [-0.15, -0.1) is 0 Å². The van der Waals surface area contributed by atoms with Gasteiger partial charge in [0.25, 0.3) is 0 Å². The summed E-state index contributed by atoms with van der Waals surface area (Å²) in [5.41, 5.74) is 0. The molecule has 0 aromatic heterocycles. The normalized spacial score (nSPS) is 40.7. The highest BCUT2D eigenvalue weighted by atomic mass is 16.8. The number of carbonyl (C=O) groups excluding carboxylic acids is 1. The van der Waals surface area contributed by atoms with Gasteiger partial charge < -0.3 is 10.1 Å². The Balaban J connectivity index is 1.56. The Labute approximate surface area is 133 Å². The Morgan fingerprint density at radius 3 is 2.68 bits per heavy atom. The maximum atomic E-state index is 12.7. The summed E-state index contributed by atoms with van der Waals surface area (Å²) >= 11 is 0. The van der Waals surface area contributed by atoms with Gasteiger partial charge in [-0.3, -0.25) is 4.79 Å². The van der Waals surface area contributed by atoms with E-state index < -0.39 is 5.23 Å². The summed E-state index contributed by atoms with van der Waals surface area (Å²) in [6.45, 7) is 1.79. The molecule has 5 heteroatoms. The number of carbonyl (C=O) groups is 1. The molecule has 1 saturated heterocycles. The number of nitrogens with one attached hydrogen (secondary N) is 2. The number of rotatable bonds is 4. The van der Waals surface area contributed by atoms with E-state index in [1.807, 2.05) is 0 Å². The van der Waals surface area contributed by atoms with Crippen LogP contribution in [0.4, 0.5) is 0 Å². The van der Waals surface area contributed by atoms with Gasteiger partial charge >= 0.3 is 0 Å². The van der Waals surface area contributed by atoms with E-state index in [1.165, 1.54) is 43.4 Å². The predicted molar refractivity (Wildman–Crippen MR) is 82.5 cm³/mol. The number of quaternary nitrogens is 2. The monoisotopic (exact) mass is 311 g/mol. The van der Waals surface area contributed by atoms with Gasteiger partial charge in [0.15, 0.2) is 5.78 Å². The third-order valence-corrected chi connectivity index (χ3v) is 6.39. The van der Waals surface area contributed by atoms with Gasteiger partial charge in [-0.1, -0.05) is 6.42 Å². The molecule has 6 atom stereocenters. The predicted octanol–water partition coefficient (Wildman–Crippen LogP) is 0.124. The van der Waals surface area contributed by atoms with Gasteiger partial charge in [-0.05, 0) is 44.9 Å². The molecule has 5 nitrogen and oxygen atoms in total. The molecule has 1 aliphatic heterocycles.